The van der Waals surface area contributed by atoms with E-state index in [1.54, 1.807) is 0 Å². The number of nitrogens with zero attached hydrogens (tertiary/aromatic N) is 3. The summed E-state index contributed by atoms with van der Waals surface area (Å²) in [5, 5.41) is 7.05. The minimum Gasteiger partial charge on any atom is -0.339 e. The van der Waals surface area contributed by atoms with Crippen LogP contribution in [0.3, 0.4) is 0 Å². The number of hydrogen-bond acceptors (Lipinski definition) is 5. The molecule has 0 bridgehead atoms. The van der Waals surface area contributed by atoms with Gasteiger partial charge in [0.1, 0.15) is 0 Å². The first-order valence-electron chi connectivity index (χ1n) is 5.65. The summed E-state index contributed by atoms with van der Waals surface area (Å²) < 4.78 is 5.02. The van der Waals surface area contributed by atoms with Gasteiger partial charge in [0.2, 0.25) is 5.89 Å². The van der Waals surface area contributed by atoms with Crippen molar-refractivity contribution in [3.05, 3.63) is 41.3 Å². The van der Waals surface area contributed by atoms with E-state index in [-0.39, 0.29) is 0 Å². The summed E-state index contributed by atoms with van der Waals surface area (Å²) in [5.74, 6) is 1.36. The van der Waals surface area contributed by atoms with Crippen molar-refractivity contribution in [1.29, 1.82) is 0 Å². The number of pyridine rings is 1. The molecule has 90 valence electrons. The summed E-state index contributed by atoms with van der Waals surface area (Å²) in [6.07, 6.45) is 2.64. The SMILES string of the molecule is Cc1ccc(CNCCc2nc(C)no2)cn1. The molecule has 0 saturated carbocycles. The normalized spacial score (nSPS) is 10.7. The van der Waals surface area contributed by atoms with Crippen LogP contribution in [0.2, 0.25) is 0 Å². The van der Waals surface area contributed by atoms with E-state index in [1.807, 2.05) is 26.1 Å². The molecule has 5 nitrogen and oxygen atoms in total. The molecule has 2 aromatic rings. The number of rotatable bonds is 5. The predicted octanol–water partition coefficient (Wildman–Crippen LogP) is 1.41. The van der Waals surface area contributed by atoms with Gasteiger partial charge in [0.05, 0.1) is 0 Å². The molecule has 2 rings (SSSR count). The van der Waals surface area contributed by atoms with Crippen LogP contribution in [0.5, 0.6) is 0 Å². The topological polar surface area (TPSA) is 63.8 Å². The summed E-state index contributed by atoms with van der Waals surface area (Å²) in [6, 6.07) is 4.09. The molecule has 0 unspecified atom stereocenters. The molecule has 0 aliphatic carbocycles. The fraction of sp³-hybridized carbons (Fsp3) is 0.417. The van der Waals surface area contributed by atoms with Crippen molar-refractivity contribution in [3.63, 3.8) is 0 Å². The van der Waals surface area contributed by atoms with E-state index in [1.165, 1.54) is 5.56 Å². The molecule has 0 fully saturated rings. The average molecular weight is 232 g/mol. The minimum atomic E-state index is 0.678. The molecule has 0 amide bonds. The van der Waals surface area contributed by atoms with Gasteiger partial charge in [0, 0.05) is 31.4 Å². The molecule has 5 heteroatoms. The van der Waals surface area contributed by atoms with Crippen molar-refractivity contribution >= 4 is 0 Å². The van der Waals surface area contributed by atoms with Gasteiger partial charge in [0.15, 0.2) is 5.82 Å². The predicted molar refractivity (Wildman–Crippen MR) is 63.4 cm³/mol. The van der Waals surface area contributed by atoms with Gasteiger partial charge in [-0.2, -0.15) is 4.98 Å². The molecule has 0 aromatic carbocycles. The van der Waals surface area contributed by atoms with Crippen molar-refractivity contribution in [2.24, 2.45) is 0 Å². The van der Waals surface area contributed by atoms with E-state index in [2.05, 4.69) is 26.5 Å². The maximum Gasteiger partial charge on any atom is 0.227 e. The summed E-state index contributed by atoms with van der Waals surface area (Å²) in [6.45, 7) is 5.42. The maximum absolute atomic E-state index is 5.02. The first-order chi connectivity index (χ1) is 8.24. The Labute approximate surface area is 100 Å². The summed E-state index contributed by atoms with van der Waals surface area (Å²) in [7, 11) is 0. The Kier molecular flexibility index (Phi) is 3.82. The Morgan fingerprint density at radius 3 is 2.82 bits per heavy atom. The van der Waals surface area contributed by atoms with Gasteiger partial charge in [-0.25, -0.2) is 0 Å². The van der Waals surface area contributed by atoms with E-state index in [4.69, 9.17) is 4.52 Å². The molecule has 17 heavy (non-hydrogen) atoms. The van der Waals surface area contributed by atoms with E-state index >= 15 is 0 Å². The number of nitrogens with one attached hydrogen (secondary N) is 1. The number of hydrogen-bond donors (Lipinski definition) is 1. The van der Waals surface area contributed by atoms with E-state index in [0.717, 1.165) is 25.2 Å². The van der Waals surface area contributed by atoms with Crippen LogP contribution in [0, 0.1) is 13.8 Å². The second-order valence-corrected chi connectivity index (χ2v) is 3.97. The van der Waals surface area contributed by atoms with Gasteiger partial charge < -0.3 is 9.84 Å². The van der Waals surface area contributed by atoms with Gasteiger partial charge in [-0.3, -0.25) is 4.98 Å². The van der Waals surface area contributed by atoms with Gasteiger partial charge in [-0.15, -0.1) is 0 Å². The smallest absolute Gasteiger partial charge is 0.227 e. The van der Waals surface area contributed by atoms with Crippen LogP contribution in [-0.2, 0) is 13.0 Å². The molecule has 0 aliphatic rings. The molecule has 2 heterocycles. The van der Waals surface area contributed by atoms with Crippen LogP contribution in [-0.4, -0.2) is 21.7 Å². The molecule has 0 spiro atoms. The van der Waals surface area contributed by atoms with Crippen molar-refractivity contribution in [2.45, 2.75) is 26.8 Å². The van der Waals surface area contributed by atoms with Crippen LogP contribution in [0.25, 0.3) is 0 Å². The Morgan fingerprint density at radius 2 is 2.18 bits per heavy atom. The Bertz CT molecular complexity index is 464. The fourth-order valence-electron chi connectivity index (χ4n) is 1.47. The molecule has 0 aliphatic heterocycles. The second-order valence-electron chi connectivity index (χ2n) is 3.97. The van der Waals surface area contributed by atoms with Crippen LogP contribution >= 0.6 is 0 Å². The average Bonchev–Trinajstić information content (AvgIpc) is 2.73. The maximum atomic E-state index is 5.02. The first kappa shape index (κ1) is 11.7. The third kappa shape index (κ3) is 3.64. The van der Waals surface area contributed by atoms with Crippen LogP contribution in [0.1, 0.15) is 23.0 Å². The fourth-order valence-corrected chi connectivity index (χ4v) is 1.47. The Balaban J connectivity index is 1.71. The van der Waals surface area contributed by atoms with Gasteiger partial charge in [-0.05, 0) is 25.5 Å². The Hall–Kier alpha value is -1.75. The standard InChI is InChI=1S/C12H16N4O/c1-9-3-4-11(8-14-9)7-13-6-5-12-15-10(2)16-17-12/h3-4,8,13H,5-7H2,1-2H3. The summed E-state index contributed by atoms with van der Waals surface area (Å²) in [4.78, 5) is 8.38. The highest BCUT2D eigenvalue weighted by atomic mass is 16.5. The van der Waals surface area contributed by atoms with E-state index in [0.29, 0.717) is 11.7 Å². The zero-order valence-corrected chi connectivity index (χ0v) is 10.1. The monoisotopic (exact) mass is 232 g/mol. The number of aromatic nitrogens is 3. The summed E-state index contributed by atoms with van der Waals surface area (Å²) >= 11 is 0. The largest absolute Gasteiger partial charge is 0.339 e. The van der Waals surface area contributed by atoms with Crippen molar-refractivity contribution in [2.75, 3.05) is 6.54 Å². The Morgan fingerprint density at radius 1 is 1.29 bits per heavy atom. The van der Waals surface area contributed by atoms with Gasteiger partial charge in [-0.1, -0.05) is 11.2 Å². The quantitative estimate of drug-likeness (QED) is 0.790. The first-order valence-corrected chi connectivity index (χ1v) is 5.65. The lowest BCUT2D eigenvalue weighted by molar-refractivity contribution is 0.372. The third-order valence-electron chi connectivity index (χ3n) is 2.39. The lowest BCUT2D eigenvalue weighted by Gasteiger charge is -2.02. The molecule has 1 N–H and O–H groups in total. The van der Waals surface area contributed by atoms with Gasteiger partial charge in [0.25, 0.3) is 0 Å². The zero-order chi connectivity index (χ0) is 12.1. The highest BCUT2D eigenvalue weighted by Crippen LogP contribution is 1.99. The molecule has 0 saturated heterocycles. The molecule has 0 atom stereocenters. The second kappa shape index (κ2) is 5.54. The lowest BCUT2D eigenvalue weighted by atomic mass is 10.2. The van der Waals surface area contributed by atoms with Gasteiger partial charge >= 0.3 is 0 Å². The third-order valence-corrected chi connectivity index (χ3v) is 2.39. The summed E-state index contributed by atoms with van der Waals surface area (Å²) in [5.41, 5.74) is 2.22. The van der Waals surface area contributed by atoms with Crippen LogP contribution < -0.4 is 5.32 Å². The number of aryl methyl sites for hydroxylation is 2. The van der Waals surface area contributed by atoms with Crippen molar-refractivity contribution in [3.8, 4) is 0 Å². The zero-order valence-electron chi connectivity index (χ0n) is 10.1. The molecule has 0 radical (unpaired) electrons. The van der Waals surface area contributed by atoms with Crippen LogP contribution in [0.4, 0.5) is 0 Å². The van der Waals surface area contributed by atoms with Crippen LogP contribution in [0.15, 0.2) is 22.9 Å². The highest BCUT2D eigenvalue weighted by molar-refractivity contribution is 5.12. The van der Waals surface area contributed by atoms with E-state index in [9.17, 15) is 0 Å². The highest BCUT2D eigenvalue weighted by Gasteiger charge is 2.01. The lowest BCUT2D eigenvalue weighted by Crippen LogP contribution is -2.16. The minimum absolute atomic E-state index is 0.678. The van der Waals surface area contributed by atoms with E-state index < -0.39 is 0 Å². The van der Waals surface area contributed by atoms with Crippen molar-refractivity contribution < 1.29 is 4.52 Å². The molecule has 2 aromatic heterocycles. The van der Waals surface area contributed by atoms with Crippen molar-refractivity contribution in [1.82, 2.24) is 20.4 Å². The molecular weight excluding hydrogens is 216 g/mol. The molecular formula is C12H16N4O.